The Morgan fingerprint density at radius 2 is 2.24 bits per heavy atom. The van der Waals surface area contributed by atoms with Gasteiger partial charge >= 0.3 is 5.97 Å². The van der Waals surface area contributed by atoms with Crippen LogP contribution in [-0.2, 0) is 9.47 Å². The van der Waals surface area contributed by atoms with Crippen molar-refractivity contribution in [2.45, 2.75) is 13.8 Å². The SMILES string of the molecule is CCOCCNc1cc(N)c(C(=O)OCC)s1. The second kappa shape index (κ2) is 7.13. The highest BCUT2D eigenvalue weighted by atomic mass is 32.1. The Hall–Kier alpha value is -1.27. The lowest BCUT2D eigenvalue weighted by molar-refractivity contribution is 0.0533. The van der Waals surface area contributed by atoms with Crippen molar-refractivity contribution in [3.63, 3.8) is 0 Å². The Bertz CT molecular complexity index is 366. The zero-order valence-corrected chi connectivity index (χ0v) is 10.9. The van der Waals surface area contributed by atoms with Gasteiger partial charge in [-0.15, -0.1) is 11.3 Å². The number of carbonyl (C=O) groups excluding carboxylic acids is 1. The van der Waals surface area contributed by atoms with Crippen LogP contribution >= 0.6 is 11.3 Å². The first kappa shape index (κ1) is 13.8. The molecule has 0 fully saturated rings. The number of hydrogen-bond donors (Lipinski definition) is 2. The summed E-state index contributed by atoms with van der Waals surface area (Å²) in [4.78, 5) is 12.0. The molecule has 0 radical (unpaired) electrons. The van der Waals surface area contributed by atoms with E-state index in [0.29, 0.717) is 36.9 Å². The van der Waals surface area contributed by atoms with Gasteiger partial charge in [0.2, 0.25) is 0 Å². The first-order valence-corrected chi connectivity index (χ1v) is 6.38. The lowest BCUT2D eigenvalue weighted by atomic mass is 10.4. The van der Waals surface area contributed by atoms with E-state index in [4.69, 9.17) is 15.2 Å². The molecule has 0 saturated carbocycles. The molecule has 0 aromatic carbocycles. The molecule has 1 heterocycles. The lowest BCUT2D eigenvalue weighted by Gasteiger charge is -2.02. The third-order valence-corrected chi connectivity index (χ3v) is 3.06. The van der Waals surface area contributed by atoms with Gasteiger partial charge < -0.3 is 20.5 Å². The Morgan fingerprint density at radius 3 is 2.88 bits per heavy atom. The van der Waals surface area contributed by atoms with E-state index >= 15 is 0 Å². The van der Waals surface area contributed by atoms with Gasteiger partial charge in [0.05, 0.1) is 23.9 Å². The predicted octanol–water partition coefficient (Wildman–Crippen LogP) is 1.96. The van der Waals surface area contributed by atoms with Gasteiger partial charge in [0.1, 0.15) is 4.88 Å². The molecule has 0 bridgehead atoms. The van der Waals surface area contributed by atoms with Crippen LogP contribution in [0.2, 0.25) is 0 Å². The Labute approximate surface area is 105 Å². The zero-order valence-electron chi connectivity index (χ0n) is 10.1. The summed E-state index contributed by atoms with van der Waals surface area (Å²) in [5, 5.41) is 4.00. The van der Waals surface area contributed by atoms with Crippen molar-refractivity contribution >= 4 is 28.0 Å². The van der Waals surface area contributed by atoms with Crippen LogP contribution in [-0.4, -0.2) is 32.3 Å². The lowest BCUT2D eigenvalue weighted by Crippen LogP contribution is -2.08. The fourth-order valence-electron chi connectivity index (χ4n) is 1.24. The smallest absolute Gasteiger partial charge is 0.350 e. The van der Waals surface area contributed by atoms with E-state index in [1.807, 2.05) is 6.92 Å². The maximum atomic E-state index is 11.5. The largest absolute Gasteiger partial charge is 0.462 e. The first-order chi connectivity index (χ1) is 8.19. The summed E-state index contributed by atoms with van der Waals surface area (Å²) < 4.78 is 10.1. The topological polar surface area (TPSA) is 73.6 Å². The van der Waals surface area contributed by atoms with Crippen molar-refractivity contribution in [1.82, 2.24) is 0 Å². The predicted molar refractivity (Wildman–Crippen MR) is 69.7 cm³/mol. The molecule has 0 amide bonds. The molecule has 6 heteroatoms. The molecule has 0 spiro atoms. The summed E-state index contributed by atoms with van der Waals surface area (Å²) in [6.07, 6.45) is 0. The fraction of sp³-hybridized carbons (Fsp3) is 0.545. The van der Waals surface area contributed by atoms with Crippen molar-refractivity contribution in [3.8, 4) is 0 Å². The molecule has 1 rings (SSSR count). The molecule has 0 saturated heterocycles. The summed E-state index contributed by atoms with van der Waals surface area (Å²) in [5.74, 6) is -0.368. The molecule has 0 aliphatic rings. The van der Waals surface area contributed by atoms with Crippen molar-refractivity contribution in [2.75, 3.05) is 37.4 Å². The number of esters is 1. The zero-order chi connectivity index (χ0) is 12.7. The minimum absolute atomic E-state index is 0.350. The molecule has 96 valence electrons. The Kier molecular flexibility index (Phi) is 5.79. The summed E-state index contributed by atoms with van der Waals surface area (Å²) in [5.41, 5.74) is 6.19. The average molecular weight is 258 g/mol. The van der Waals surface area contributed by atoms with Gasteiger partial charge in [-0.1, -0.05) is 0 Å². The quantitative estimate of drug-likeness (QED) is 0.577. The molecule has 0 unspecified atom stereocenters. The van der Waals surface area contributed by atoms with Gasteiger partial charge in [-0.25, -0.2) is 4.79 Å². The molecule has 1 aromatic heterocycles. The van der Waals surface area contributed by atoms with Gasteiger partial charge in [-0.05, 0) is 19.9 Å². The van der Waals surface area contributed by atoms with Crippen molar-refractivity contribution in [2.24, 2.45) is 0 Å². The van der Waals surface area contributed by atoms with Crippen LogP contribution in [0.1, 0.15) is 23.5 Å². The third-order valence-electron chi connectivity index (χ3n) is 1.97. The highest BCUT2D eigenvalue weighted by Gasteiger charge is 2.15. The van der Waals surface area contributed by atoms with E-state index in [1.54, 1.807) is 13.0 Å². The molecule has 5 nitrogen and oxygen atoms in total. The summed E-state index contributed by atoms with van der Waals surface area (Å²) >= 11 is 1.30. The highest BCUT2D eigenvalue weighted by Crippen LogP contribution is 2.29. The van der Waals surface area contributed by atoms with E-state index in [0.717, 1.165) is 5.00 Å². The molecule has 17 heavy (non-hydrogen) atoms. The third kappa shape index (κ3) is 4.24. The minimum Gasteiger partial charge on any atom is -0.462 e. The maximum Gasteiger partial charge on any atom is 0.350 e. The Morgan fingerprint density at radius 1 is 1.47 bits per heavy atom. The second-order valence-electron chi connectivity index (χ2n) is 3.24. The van der Waals surface area contributed by atoms with Crippen LogP contribution in [0.5, 0.6) is 0 Å². The van der Waals surface area contributed by atoms with Gasteiger partial charge in [-0.3, -0.25) is 0 Å². The molecule has 1 aromatic rings. The number of rotatable bonds is 7. The summed E-state index contributed by atoms with van der Waals surface area (Å²) in [6, 6.07) is 1.74. The van der Waals surface area contributed by atoms with Crippen LogP contribution in [0.3, 0.4) is 0 Å². The van der Waals surface area contributed by atoms with Gasteiger partial charge in [-0.2, -0.15) is 0 Å². The normalized spacial score (nSPS) is 10.2. The number of nitrogen functional groups attached to an aromatic ring is 1. The van der Waals surface area contributed by atoms with Crippen LogP contribution in [0, 0.1) is 0 Å². The number of carbonyl (C=O) groups is 1. The first-order valence-electron chi connectivity index (χ1n) is 5.57. The minimum atomic E-state index is -0.368. The van der Waals surface area contributed by atoms with Crippen molar-refractivity contribution < 1.29 is 14.3 Å². The number of thiophene rings is 1. The molecule has 0 atom stereocenters. The summed E-state index contributed by atoms with van der Waals surface area (Å²) in [7, 11) is 0. The Balaban J connectivity index is 2.52. The van der Waals surface area contributed by atoms with Crippen LogP contribution in [0.4, 0.5) is 10.7 Å². The van der Waals surface area contributed by atoms with E-state index in [1.165, 1.54) is 11.3 Å². The van der Waals surface area contributed by atoms with Crippen LogP contribution < -0.4 is 11.1 Å². The maximum absolute atomic E-state index is 11.5. The van der Waals surface area contributed by atoms with E-state index in [2.05, 4.69) is 5.32 Å². The van der Waals surface area contributed by atoms with Crippen LogP contribution in [0.25, 0.3) is 0 Å². The number of nitrogens with one attached hydrogen (secondary N) is 1. The van der Waals surface area contributed by atoms with Gasteiger partial charge in [0, 0.05) is 13.2 Å². The van der Waals surface area contributed by atoms with E-state index in [9.17, 15) is 4.79 Å². The van der Waals surface area contributed by atoms with Crippen molar-refractivity contribution in [1.29, 1.82) is 0 Å². The molecule has 0 aliphatic carbocycles. The fourth-order valence-corrected chi connectivity index (χ4v) is 2.14. The van der Waals surface area contributed by atoms with Crippen LogP contribution in [0.15, 0.2) is 6.07 Å². The van der Waals surface area contributed by atoms with E-state index in [-0.39, 0.29) is 5.97 Å². The number of hydrogen-bond acceptors (Lipinski definition) is 6. The molecule has 0 aliphatic heterocycles. The second-order valence-corrected chi connectivity index (χ2v) is 4.29. The number of anilines is 2. The van der Waals surface area contributed by atoms with E-state index < -0.39 is 0 Å². The molecular weight excluding hydrogens is 240 g/mol. The van der Waals surface area contributed by atoms with Gasteiger partial charge in [0.25, 0.3) is 0 Å². The monoisotopic (exact) mass is 258 g/mol. The highest BCUT2D eigenvalue weighted by molar-refractivity contribution is 7.18. The molecule has 3 N–H and O–H groups in total. The summed E-state index contributed by atoms with van der Waals surface area (Å²) in [6.45, 7) is 6.08. The standard InChI is InChI=1S/C11H18N2O3S/c1-3-15-6-5-13-9-7-8(12)10(17-9)11(14)16-4-2/h7,13H,3-6,12H2,1-2H3. The number of nitrogens with two attached hydrogens (primary N) is 1. The van der Waals surface area contributed by atoms with Crippen molar-refractivity contribution in [3.05, 3.63) is 10.9 Å². The van der Waals surface area contributed by atoms with Gasteiger partial charge in [0.15, 0.2) is 0 Å². The molecular formula is C11H18N2O3S. The average Bonchev–Trinajstić information content (AvgIpc) is 2.66. The number of ether oxygens (including phenoxy) is 2.